The summed E-state index contributed by atoms with van der Waals surface area (Å²) in [6.45, 7) is 4.53. The zero-order valence-corrected chi connectivity index (χ0v) is 24.3. The van der Waals surface area contributed by atoms with Crippen LogP contribution in [-0.4, -0.2) is 15.9 Å². The van der Waals surface area contributed by atoms with Gasteiger partial charge in [-0.2, -0.15) is 0 Å². The van der Waals surface area contributed by atoms with Gasteiger partial charge in [0.1, 0.15) is 5.75 Å². The number of ether oxygens (including phenoxy) is 1. The van der Waals surface area contributed by atoms with Crippen LogP contribution < -0.4 is 4.74 Å². The molecule has 38 heavy (non-hydrogen) atoms. The molecule has 3 rings (SSSR count). The normalized spacial score (nSPS) is 17.4. The summed E-state index contributed by atoms with van der Waals surface area (Å²) in [7, 11) is 0. The Bertz CT molecular complexity index is 903. The molecule has 1 aliphatic rings. The van der Waals surface area contributed by atoms with Crippen molar-refractivity contribution < 1.29 is 9.53 Å². The van der Waals surface area contributed by atoms with Crippen molar-refractivity contribution in [3.05, 3.63) is 42.2 Å². The smallest absolute Gasteiger partial charge is 0.314 e. The van der Waals surface area contributed by atoms with Gasteiger partial charge in [-0.25, -0.2) is 9.97 Å². The molecule has 1 fully saturated rings. The van der Waals surface area contributed by atoms with Crippen LogP contribution in [0, 0.1) is 11.8 Å². The topological polar surface area (TPSA) is 52.1 Å². The monoisotopic (exact) mass is 520 g/mol. The largest absolute Gasteiger partial charge is 0.426 e. The van der Waals surface area contributed by atoms with E-state index in [4.69, 9.17) is 4.74 Å². The van der Waals surface area contributed by atoms with Crippen molar-refractivity contribution in [1.29, 1.82) is 0 Å². The number of para-hydroxylation sites is 1. The maximum atomic E-state index is 13.0. The maximum absolute atomic E-state index is 13.0. The summed E-state index contributed by atoms with van der Waals surface area (Å²) in [5, 5.41) is 0. The van der Waals surface area contributed by atoms with E-state index >= 15 is 0 Å². The fourth-order valence-corrected chi connectivity index (χ4v) is 5.74. The standard InChI is InChI=1S/C34H52N2O2/c1-3-5-7-8-9-10-11-12-13-15-19-29-26-35-33(36-27-29)31-20-16-17-21-32(31)38-34(37)30-24-22-28(23-25-30)18-14-6-4-2/h16-17,20-21,26-28,30H,3-15,18-19,22-25H2,1-2H3. The molecular formula is C34H52N2O2. The highest BCUT2D eigenvalue weighted by atomic mass is 16.5. The molecule has 0 amide bonds. The van der Waals surface area contributed by atoms with Crippen LogP contribution in [0.5, 0.6) is 5.75 Å². The van der Waals surface area contributed by atoms with E-state index in [0.717, 1.165) is 43.6 Å². The number of nitrogens with zero attached hydrogens (tertiary/aromatic N) is 2. The molecule has 1 aromatic heterocycles. The van der Waals surface area contributed by atoms with Gasteiger partial charge in [0.15, 0.2) is 5.82 Å². The summed E-state index contributed by atoms with van der Waals surface area (Å²) in [5.41, 5.74) is 1.97. The number of hydrogen-bond acceptors (Lipinski definition) is 4. The number of aryl methyl sites for hydroxylation is 1. The van der Waals surface area contributed by atoms with Gasteiger partial charge in [0.25, 0.3) is 0 Å². The highest BCUT2D eigenvalue weighted by Gasteiger charge is 2.28. The van der Waals surface area contributed by atoms with E-state index in [9.17, 15) is 4.79 Å². The molecule has 0 aliphatic heterocycles. The van der Waals surface area contributed by atoms with E-state index in [0.29, 0.717) is 11.6 Å². The molecule has 1 aromatic carbocycles. The van der Waals surface area contributed by atoms with Gasteiger partial charge in [-0.05, 0) is 62.1 Å². The summed E-state index contributed by atoms with van der Waals surface area (Å²) in [5.74, 6) is 1.90. The number of carbonyl (C=O) groups is 1. The molecule has 0 N–H and O–H groups in total. The second-order valence-corrected chi connectivity index (χ2v) is 11.5. The van der Waals surface area contributed by atoms with Crippen LogP contribution in [0.1, 0.15) is 135 Å². The van der Waals surface area contributed by atoms with Crippen LogP contribution in [0.15, 0.2) is 36.7 Å². The molecule has 2 aromatic rings. The van der Waals surface area contributed by atoms with Crippen molar-refractivity contribution in [2.24, 2.45) is 11.8 Å². The third-order valence-corrected chi connectivity index (χ3v) is 8.26. The van der Waals surface area contributed by atoms with E-state index in [1.165, 1.54) is 95.5 Å². The molecular weight excluding hydrogens is 468 g/mol. The predicted octanol–water partition coefficient (Wildman–Crippen LogP) is 9.90. The van der Waals surface area contributed by atoms with Crippen molar-refractivity contribution in [2.75, 3.05) is 0 Å². The number of esters is 1. The highest BCUT2D eigenvalue weighted by molar-refractivity contribution is 5.78. The van der Waals surface area contributed by atoms with Crippen molar-refractivity contribution in [3.63, 3.8) is 0 Å². The fraction of sp³-hybridized carbons (Fsp3) is 0.676. The molecule has 0 spiro atoms. The van der Waals surface area contributed by atoms with Crippen LogP contribution in [0.3, 0.4) is 0 Å². The van der Waals surface area contributed by atoms with E-state index < -0.39 is 0 Å². The lowest BCUT2D eigenvalue weighted by atomic mass is 9.80. The Labute approximate surface area is 232 Å². The Balaban J connectivity index is 1.41. The number of carbonyl (C=O) groups excluding carboxylic acids is 1. The van der Waals surface area contributed by atoms with Gasteiger partial charge < -0.3 is 4.74 Å². The summed E-state index contributed by atoms with van der Waals surface area (Å²) >= 11 is 0. The highest BCUT2D eigenvalue weighted by Crippen LogP contribution is 2.34. The number of benzene rings is 1. The van der Waals surface area contributed by atoms with Crippen LogP contribution in [0.2, 0.25) is 0 Å². The average Bonchev–Trinajstić information content (AvgIpc) is 2.95. The van der Waals surface area contributed by atoms with E-state index in [1.54, 1.807) is 0 Å². The molecule has 4 nitrogen and oxygen atoms in total. The quantitative estimate of drug-likeness (QED) is 0.111. The van der Waals surface area contributed by atoms with Crippen LogP contribution >= 0.6 is 0 Å². The molecule has 0 radical (unpaired) electrons. The first kappa shape index (κ1) is 30.3. The van der Waals surface area contributed by atoms with E-state index in [2.05, 4.69) is 23.8 Å². The number of rotatable bonds is 18. The average molecular weight is 521 g/mol. The first-order chi connectivity index (χ1) is 18.7. The fourth-order valence-electron chi connectivity index (χ4n) is 5.74. The molecule has 210 valence electrons. The molecule has 1 saturated carbocycles. The van der Waals surface area contributed by atoms with Gasteiger partial charge in [-0.3, -0.25) is 4.79 Å². The minimum Gasteiger partial charge on any atom is -0.426 e. The third-order valence-electron chi connectivity index (χ3n) is 8.26. The molecule has 1 heterocycles. The Morgan fingerprint density at radius 2 is 1.34 bits per heavy atom. The SMILES string of the molecule is CCCCCCCCCCCCc1cnc(-c2ccccc2OC(=O)C2CCC(CCCCC)CC2)nc1. The lowest BCUT2D eigenvalue weighted by molar-refractivity contribution is -0.140. The van der Waals surface area contributed by atoms with Gasteiger partial charge >= 0.3 is 5.97 Å². The maximum Gasteiger partial charge on any atom is 0.314 e. The zero-order chi connectivity index (χ0) is 26.8. The molecule has 0 saturated heterocycles. The number of aromatic nitrogens is 2. The van der Waals surface area contributed by atoms with Crippen molar-refractivity contribution >= 4 is 5.97 Å². The molecule has 4 heteroatoms. The van der Waals surface area contributed by atoms with Crippen LogP contribution in [0.25, 0.3) is 11.4 Å². The predicted molar refractivity (Wildman–Crippen MR) is 158 cm³/mol. The molecule has 1 aliphatic carbocycles. The summed E-state index contributed by atoms with van der Waals surface area (Å²) in [4.78, 5) is 22.3. The summed E-state index contributed by atoms with van der Waals surface area (Å²) < 4.78 is 5.92. The van der Waals surface area contributed by atoms with Crippen molar-refractivity contribution in [1.82, 2.24) is 9.97 Å². The third kappa shape index (κ3) is 10.9. The second kappa shape index (κ2) is 18.1. The Kier molecular flexibility index (Phi) is 14.5. The second-order valence-electron chi connectivity index (χ2n) is 11.5. The van der Waals surface area contributed by atoms with Gasteiger partial charge in [-0.1, -0.05) is 109 Å². The van der Waals surface area contributed by atoms with E-state index in [-0.39, 0.29) is 11.9 Å². The molecule has 0 bridgehead atoms. The number of hydrogen-bond donors (Lipinski definition) is 0. The number of unbranched alkanes of at least 4 members (excludes halogenated alkanes) is 11. The summed E-state index contributed by atoms with van der Waals surface area (Å²) in [6.07, 6.45) is 27.7. The Morgan fingerprint density at radius 3 is 2.00 bits per heavy atom. The van der Waals surface area contributed by atoms with Crippen LogP contribution in [0.4, 0.5) is 0 Å². The zero-order valence-electron chi connectivity index (χ0n) is 24.3. The van der Waals surface area contributed by atoms with Gasteiger partial charge in [0.2, 0.25) is 0 Å². The molecule has 0 atom stereocenters. The minimum absolute atomic E-state index is 0.00911. The van der Waals surface area contributed by atoms with E-state index in [1.807, 2.05) is 36.7 Å². The summed E-state index contributed by atoms with van der Waals surface area (Å²) in [6, 6.07) is 7.68. The van der Waals surface area contributed by atoms with Gasteiger partial charge in [-0.15, -0.1) is 0 Å². The Morgan fingerprint density at radius 1 is 0.763 bits per heavy atom. The minimum atomic E-state index is -0.0953. The van der Waals surface area contributed by atoms with Gasteiger partial charge in [0, 0.05) is 12.4 Å². The van der Waals surface area contributed by atoms with Crippen molar-refractivity contribution in [3.8, 4) is 17.1 Å². The first-order valence-electron chi connectivity index (χ1n) is 15.8. The molecule has 0 unspecified atom stereocenters. The lowest BCUT2D eigenvalue weighted by Gasteiger charge is -2.27. The first-order valence-corrected chi connectivity index (χ1v) is 15.8. The van der Waals surface area contributed by atoms with Gasteiger partial charge in [0.05, 0.1) is 11.5 Å². The van der Waals surface area contributed by atoms with Crippen molar-refractivity contribution in [2.45, 2.75) is 136 Å². The van der Waals surface area contributed by atoms with Crippen LogP contribution in [-0.2, 0) is 11.2 Å². The lowest BCUT2D eigenvalue weighted by Crippen LogP contribution is -2.26. The Hall–Kier alpha value is -2.23.